The molecule has 1 aliphatic heterocycles. The van der Waals surface area contributed by atoms with Crippen LogP contribution in [0.15, 0.2) is 6.33 Å². The zero-order valence-electron chi connectivity index (χ0n) is 25.3. The molecule has 0 saturated heterocycles. The number of hydrogen-bond acceptors (Lipinski definition) is 7. The van der Waals surface area contributed by atoms with Crippen molar-refractivity contribution in [2.24, 2.45) is 5.92 Å². The first kappa shape index (κ1) is 29.7. The number of fused-ring (bicyclic) bond motifs is 2. The van der Waals surface area contributed by atoms with E-state index in [1.54, 1.807) is 4.52 Å². The SMILES string of the molecule is Cc1nc2ncnn2c(C)c1CCC(=O)N1CCCNC(=O)c2nn(CCC(C)C)c3c2CC(CC3)NC(=O)CCC1. The molecule has 1 unspecified atom stereocenters. The highest BCUT2D eigenvalue weighted by molar-refractivity contribution is 5.94. The third-order valence-electron chi connectivity index (χ3n) is 8.50. The van der Waals surface area contributed by atoms with Gasteiger partial charge in [-0.25, -0.2) is 9.50 Å². The van der Waals surface area contributed by atoms with Gasteiger partial charge in [-0.05, 0) is 70.3 Å². The Hall–Kier alpha value is -3.83. The lowest BCUT2D eigenvalue weighted by Gasteiger charge is -2.25. The van der Waals surface area contributed by atoms with Gasteiger partial charge in [0, 0.05) is 67.7 Å². The minimum absolute atomic E-state index is 0.0117. The van der Waals surface area contributed by atoms with E-state index in [-0.39, 0.29) is 23.8 Å². The molecular weight excluding hydrogens is 534 g/mol. The van der Waals surface area contributed by atoms with Crippen molar-refractivity contribution in [3.8, 4) is 0 Å². The number of aromatic nitrogens is 6. The number of amides is 3. The Labute approximate surface area is 246 Å². The maximum Gasteiger partial charge on any atom is 0.272 e. The molecule has 0 aromatic carbocycles. The Morgan fingerprint density at radius 2 is 1.95 bits per heavy atom. The molecule has 226 valence electrons. The maximum atomic E-state index is 13.4. The third kappa shape index (κ3) is 6.63. The average Bonchev–Trinajstić information content (AvgIpc) is 3.57. The molecule has 3 amide bonds. The maximum absolute atomic E-state index is 13.4. The zero-order chi connectivity index (χ0) is 29.8. The van der Waals surface area contributed by atoms with E-state index in [1.165, 1.54) is 6.33 Å². The molecule has 0 fully saturated rings. The molecule has 1 aliphatic carbocycles. The van der Waals surface area contributed by atoms with Gasteiger partial charge < -0.3 is 15.5 Å². The fraction of sp³-hybridized carbons (Fsp3) is 0.633. The van der Waals surface area contributed by atoms with Crippen molar-refractivity contribution >= 4 is 23.5 Å². The number of nitrogens with one attached hydrogen (secondary N) is 2. The fourth-order valence-electron chi connectivity index (χ4n) is 6.11. The Kier molecular flexibility index (Phi) is 9.18. The van der Waals surface area contributed by atoms with Gasteiger partial charge in [0.1, 0.15) is 6.33 Å². The first-order valence-corrected chi connectivity index (χ1v) is 15.3. The number of nitrogens with zero attached hydrogens (tertiary/aromatic N) is 7. The predicted molar refractivity (Wildman–Crippen MR) is 157 cm³/mol. The van der Waals surface area contributed by atoms with Crippen molar-refractivity contribution in [2.75, 3.05) is 19.6 Å². The van der Waals surface area contributed by atoms with Gasteiger partial charge in [0.05, 0.1) is 0 Å². The molecule has 3 aromatic rings. The van der Waals surface area contributed by atoms with Crippen LogP contribution in [0.5, 0.6) is 0 Å². The Morgan fingerprint density at radius 3 is 2.76 bits per heavy atom. The van der Waals surface area contributed by atoms with Crippen molar-refractivity contribution in [1.82, 2.24) is 44.9 Å². The van der Waals surface area contributed by atoms with Crippen molar-refractivity contribution in [1.29, 1.82) is 0 Å². The summed E-state index contributed by atoms with van der Waals surface area (Å²) >= 11 is 0. The quantitative estimate of drug-likeness (QED) is 0.458. The van der Waals surface area contributed by atoms with E-state index in [9.17, 15) is 14.4 Å². The lowest BCUT2D eigenvalue weighted by atomic mass is 9.91. The number of rotatable bonds is 6. The molecule has 0 saturated carbocycles. The van der Waals surface area contributed by atoms with Crippen LogP contribution in [0.4, 0.5) is 0 Å². The summed E-state index contributed by atoms with van der Waals surface area (Å²) in [5.74, 6) is 0.916. The molecule has 3 aromatic heterocycles. The Bertz CT molecular complexity index is 1460. The molecule has 0 radical (unpaired) electrons. The summed E-state index contributed by atoms with van der Waals surface area (Å²) in [4.78, 5) is 50.1. The van der Waals surface area contributed by atoms with Crippen LogP contribution in [-0.4, -0.2) is 77.7 Å². The smallest absolute Gasteiger partial charge is 0.272 e. The highest BCUT2D eigenvalue weighted by atomic mass is 16.2. The van der Waals surface area contributed by atoms with Gasteiger partial charge in [0.2, 0.25) is 11.8 Å². The minimum atomic E-state index is -0.184. The molecule has 12 nitrogen and oxygen atoms in total. The number of carbonyl (C=O) groups excluding carboxylic acids is 3. The summed E-state index contributed by atoms with van der Waals surface area (Å²) in [7, 11) is 0. The Balaban J connectivity index is 1.27. The summed E-state index contributed by atoms with van der Waals surface area (Å²) in [5, 5.41) is 15.2. The first-order chi connectivity index (χ1) is 20.2. The summed E-state index contributed by atoms with van der Waals surface area (Å²) in [6.45, 7) is 10.5. The molecule has 2 N–H and O–H groups in total. The van der Waals surface area contributed by atoms with Gasteiger partial charge >= 0.3 is 0 Å². The molecule has 42 heavy (non-hydrogen) atoms. The van der Waals surface area contributed by atoms with Gasteiger partial charge in [0.15, 0.2) is 5.69 Å². The van der Waals surface area contributed by atoms with Crippen molar-refractivity contribution in [3.63, 3.8) is 0 Å². The van der Waals surface area contributed by atoms with Gasteiger partial charge in [-0.2, -0.15) is 15.2 Å². The first-order valence-electron chi connectivity index (χ1n) is 15.3. The van der Waals surface area contributed by atoms with Crippen LogP contribution in [0.3, 0.4) is 0 Å². The van der Waals surface area contributed by atoms with Gasteiger partial charge in [0.25, 0.3) is 11.7 Å². The highest BCUT2D eigenvalue weighted by Crippen LogP contribution is 2.26. The second-order valence-corrected chi connectivity index (χ2v) is 12.0. The lowest BCUT2D eigenvalue weighted by Crippen LogP contribution is -2.40. The molecule has 2 aliphatic rings. The monoisotopic (exact) mass is 577 g/mol. The average molecular weight is 578 g/mol. The third-order valence-corrected chi connectivity index (χ3v) is 8.50. The standard InChI is InChI=1S/C30H43N9O3/c1-19(2)12-16-38-25-10-8-22-17-24(25)28(36-38)29(42)31-13-6-15-37(14-5-7-26(40)35-22)27(41)11-9-23-20(3)34-30-32-18-33-39(30)21(23)4/h18-19,22H,5-17H2,1-4H3,(H,31,42)(H,35,40). The Morgan fingerprint density at radius 1 is 1.14 bits per heavy atom. The van der Waals surface area contributed by atoms with Crippen LogP contribution >= 0.6 is 0 Å². The van der Waals surface area contributed by atoms with Crippen LogP contribution in [0.2, 0.25) is 0 Å². The van der Waals surface area contributed by atoms with Crippen LogP contribution < -0.4 is 10.6 Å². The van der Waals surface area contributed by atoms with Crippen molar-refractivity contribution in [3.05, 3.63) is 40.2 Å². The highest BCUT2D eigenvalue weighted by Gasteiger charge is 2.30. The van der Waals surface area contributed by atoms with Gasteiger partial charge in [-0.3, -0.25) is 19.1 Å². The molecule has 2 bridgehead atoms. The van der Waals surface area contributed by atoms with Crippen molar-refractivity contribution in [2.45, 2.75) is 98.1 Å². The van der Waals surface area contributed by atoms with Crippen LogP contribution in [0, 0.1) is 19.8 Å². The molecule has 4 heterocycles. The predicted octanol–water partition coefficient (Wildman–Crippen LogP) is 2.33. The summed E-state index contributed by atoms with van der Waals surface area (Å²) in [6, 6.07) is -0.0235. The topological polar surface area (TPSA) is 139 Å². The van der Waals surface area contributed by atoms with Crippen molar-refractivity contribution < 1.29 is 14.4 Å². The molecule has 0 spiro atoms. The number of carbonyl (C=O) groups is 3. The lowest BCUT2D eigenvalue weighted by molar-refractivity contribution is -0.132. The van der Waals surface area contributed by atoms with E-state index in [1.807, 2.05) is 23.4 Å². The van der Waals surface area contributed by atoms with Crippen LogP contribution in [-0.2, 0) is 35.4 Å². The molecule has 1 atom stereocenters. The van der Waals surface area contributed by atoms with Crippen LogP contribution in [0.1, 0.15) is 91.1 Å². The largest absolute Gasteiger partial charge is 0.353 e. The van der Waals surface area contributed by atoms with E-state index in [0.29, 0.717) is 75.5 Å². The van der Waals surface area contributed by atoms with E-state index in [2.05, 4.69) is 39.5 Å². The zero-order valence-corrected chi connectivity index (χ0v) is 25.3. The second kappa shape index (κ2) is 13.0. The second-order valence-electron chi connectivity index (χ2n) is 12.0. The number of hydrogen-bond donors (Lipinski definition) is 2. The summed E-state index contributed by atoms with van der Waals surface area (Å²) in [5.41, 5.74) is 5.32. The summed E-state index contributed by atoms with van der Waals surface area (Å²) < 4.78 is 3.70. The van der Waals surface area contributed by atoms with E-state index in [0.717, 1.165) is 54.0 Å². The molecule has 12 heteroatoms. The molecular formula is C30H43N9O3. The van der Waals surface area contributed by atoms with Gasteiger partial charge in [-0.15, -0.1) is 0 Å². The minimum Gasteiger partial charge on any atom is -0.353 e. The normalized spacial score (nSPS) is 18.5. The fourth-order valence-corrected chi connectivity index (χ4v) is 6.11. The van der Waals surface area contributed by atoms with Crippen LogP contribution in [0.25, 0.3) is 5.78 Å². The number of aryl methyl sites for hydroxylation is 3. The van der Waals surface area contributed by atoms with Gasteiger partial charge in [-0.1, -0.05) is 13.8 Å². The summed E-state index contributed by atoms with van der Waals surface area (Å²) in [6.07, 6.45) is 7.13. The van der Waals surface area contributed by atoms with E-state index < -0.39 is 0 Å². The van der Waals surface area contributed by atoms with E-state index in [4.69, 9.17) is 5.10 Å². The molecule has 5 rings (SSSR count). The van der Waals surface area contributed by atoms with E-state index >= 15 is 0 Å².